The molecule has 0 N–H and O–H groups in total. The summed E-state index contributed by atoms with van der Waals surface area (Å²) in [6.07, 6.45) is 1.80. The molecular formula is C6H13N3Si. The fourth-order valence-electron chi connectivity index (χ4n) is 0.662. The van der Waals surface area contributed by atoms with E-state index in [0.29, 0.717) is 0 Å². The molecule has 56 valence electrons. The Hall–Kier alpha value is -0.643. The summed E-state index contributed by atoms with van der Waals surface area (Å²) in [7, 11) is -1.32. The van der Waals surface area contributed by atoms with Crippen LogP contribution in [0, 0.1) is 6.92 Å². The maximum atomic E-state index is 4.25. The molecule has 0 saturated heterocycles. The first kappa shape index (κ1) is 7.46. The molecule has 0 spiro atoms. The maximum Gasteiger partial charge on any atom is 0.202 e. The molecule has 0 amide bonds. The highest BCUT2D eigenvalue weighted by Gasteiger charge is 2.18. The molecule has 0 aliphatic heterocycles. The van der Waals surface area contributed by atoms with Crippen molar-refractivity contribution < 1.29 is 0 Å². The van der Waals surface area contributed by atoms with Crippen LogP contribution in [0.4, 0.5) is 0 Å². The van der Waals surface area contributed by atoms with Gasteiger partial charge in [0.25, 0.3) is 0 Å². The van der Waals surface area contributed by atoms with E-state index in [4.69, 9.17) is 0 Å². The molecule has 0 atom stereocenters. The number of aryl methyl sites for hydroxylation is 1. The van der Waals surface area contributed by atoms with Crippen LogP contribution in [-0.4, -0.2) is 22.9 Å². The van der Waals surface area contributed by atoms with E-state index in [1.807, 2.05) is 11.4 Å². The van der Waals surface area contributed by atoms with Crippen LogP contribution in [0.1, 0.15) is 5.69 Å². The summed E-state index contributed by atoms with van der Waals surface area (Å²) < 4.78 is 1.86. The lowest BCUT2D eigenvalue weighted by atomic mass is 10.6. The monoisotopic (exact) mass is 155 g/mol. The zero-order valence-electron chi connectivity index (χ0n) is 6.92. The summed E-state index contributed by atoms with van der Waals surface area (Å²) in [6, 6.07) is 0. The second-order valence-corrected chi connectivity index (χ2v) is 8.19. The molecule has 0 aliphatic rings. The third-order valence-corrected chi connectivity index (χ3v) is 2.62. The first-order valence-electron chi connectivity index (χ1n) is 3.39. The fourth-order valence-corrected chi connectivity index (χ4v) is 1.52. The van der Waals surface area contributed by atoms with Crippen molar-refractivity contribution in [1.82, 2.24) is 14.7 Å². The molecule has 0 radical (unpaired) electrons. The summed E-state index contributed by atoms with van der Waals surface area (Å²) in [6.45, 7) is 8.61. The van der Waals surface area contributed by atoms with Crippen molar-refractivity contribution in [2.24, 2.45) is 0 Å². The Morgan fingerprint density at radius 1 is 1.40 bits per heavy atom. The van der Waals surface area contributed by atoms with E-state index in [1.54, 1.807) is 6.20 Å². The maximum absolute atomic E-state index is 4.25. The number of rotatable bonds is 1. The van der Waals surface area contributed by atoms with Crippen LogP contribution in [0.5, 0.6) is 0 Å². The van der Waals surface area contributed by atoms with Gasteiger partial charge in [0.05, 0.1) is 11.9 Å². The molecule has 0 aromatic carbocycles. The Labute approximate surface area is 62.1 Å². The largest absolute Gasteiger partial charge is 0.221 e. The van der Waals surface area contributed by atoms with Gasteiger partial charge in [0.2, 0.25) is 8.24 Å². The summed E-state index contributed by atoms with van der Waals surface area (Å²) in [5.74, 6) is 0. The third kappa shape index (κ3) is 1.44. The van der Waals surface area contributed by atoms with Crippen molar-refractivity contribution >= 4 is 8.24 Å². The van der Waals surface area contributed by atoms with Gasteiger partial charge in [-0.3, -0.25) is 0 Å². The van der Waals surface area contributed by atoms with Crippen molar-refractivity contribution in [3.05, 3.63) is 11.9 Å². The van der Waals surface area contributed by atoms with Gasteiger partial charge in [-0.15, -0.1) is 0 Å². The van der Waals surface area contributed by atoms with E-state index in [1.165, 1.54) is 0 Å². The second kappa shape index (κ2) is 2.19. The zero-order valence-corrected chi connectivity index (χ0v) is 7.92. The predicted molar refractivity (Wildman–Crippen MR) is 43.5 cm³/mol. The normalized spacial score (nSPS) is 12.0. The molecule has 4 heteroatoms. The van der Waals surface area contributed by atoms with E-state index in [9.17, 15) is 0 Å². The van der Waals surface area contributed by atoms with Gasteiger partial charge in [-0.05, 0) is 26.6 Å². The molecule has 1 heterocycles. The minimum Gasteiger partial charge on any atom is -0.221 e. The molecular weight excluding hydrogens is 142 g/mol. The minimum absolute atomic E-state index is 1.00. The van der Waals surface area contributed by atoms with Gasteiger partial charge in [-0.1, -0.05) is 0 Å². The second-order valence-electron chi connectivity index (χ2n) is 3.45. The van der Waals surface area contributed by atoms with E-state index < -0.39 is 8.24 Å². The van der Waals surface area contributed by atoms with Crippen LogP contribution < -0.4 is 0 Å². The Morgan fingerprint density at radius 3 is 2.20 bits per heavy atom. The molecule has 0 saturated carbocycles. The van der Waals surface area contributed by atoms with E-state index in [2.05, 4.69) is 29.8 Å². The Balaban J connectivity index is 2.96. The predicted octanol–water partition coefficient (Wildman–Crippen LogP) is 1.27. The summed E-state index contributed by atoms with van der Waals surface area (Å²) in [5, 5.41) is 8.40. The standard InChI is InChI=1S/C6H13N3Si/c1-6-5-7-9(8-6)10(2,3)4/h5H,1-4H3. The number of nitrogens with zero attached hydrogens (tertiary/aromatic N) is 3. The average Bonchev–Trinajstić information content (AvgIpc) is 2.11. The fraction of sp³-hybridized carbons (Fsp3) is 0.667. The van der Waals surface area contributed by atoms with Crippen molar-refractivity contribution in [2.45, 2.75) is 26.6 Å². The zero-order chi connectivity index (χ0) is 7.78. The highest BCUT2D eigenvalue weighted by atomic mass is 28.3. The molecule has 0 unspecified atom stereocenters. The molecule has 1 aromatic heterocycles. The Kier molecular flexibility index (Phi) is 1.64. The summed E-state index contributed by atoms with van der Waals surface area (Å²) in [4.78, 5) is 0. The number of hydrogen-bond acceptors (Lipinski definition) is 2. The van der Waals surface area contributed by atoms with Crippen LogP contribution in [0.15, 0.2) is 6.20 Å². The van der Waals surface area contributed by atoms with Gasteiger partial charge in [-0.2, -0.15) is 10.2 Å². The topological polar surface area (TPSA) is 30.7 Å². The number of hydrogen-bond donors (Lipinski definition) is 0. The van der Waals surface area contributed by atoms with Gasteiger partial charge < -0.3 is 0 Å². The van der Waals surface area contributed by atoms with Crippen LogP contribution in [0.3, 0.4) is 0 Å². The smallest absolute Gasteiger partial charge is 0.202 e. The summed E-state index contributed by atoms with van der Waals surface area (Å²) >= 11 is 0. The van der Waals surface area contributed by atoms with Crippen molar-refractivity contribution in [1.29, 1.82) is 0 Å². The van der Waals surface area contributed by atoms with Gasteiger partial charge in [0, 0.05) is 0 Å². The minimum atomic E-state index is -1.32. The average molecular weight is 155 g/mol. The summed E-state index contributed by atoms with van der Waals surface area (Å²) in [5.41, 5.74) is 1.00. The molecule has 1 rings (SSSR count). The van der Waals surface area contributed by atoms with E-state index in [0.717, 1.165) is 5.69 Å². The Morgan fingerprint density at radius 2 is 2.00 bits per heavy atom. The molecule has 3 nitrogen and oxygen atoms in total. The van der Waals surface area contributed by atoms with Crippen molar-refractivity contribution in [2.75, 3.05) is 0 Å². The quantitative estimate of drug-likeness (QED) is 0.572. The van der Waals surface area contributed by atoms with Crippen LogP contribution >= 0.6 is 0 Å². The third-order valence-electron chi connectivity index (χ3n) is 1.21. The van der Waals surface area contributed by atoms with Crippen LogP contribution in [-0.2, 0) is 0 Å². The van der Waals surface area contributed by atoms with Crippen molar-refractivity contribution in [3.63, 3.8) is 0 Å². The highest BCUT2D eigenvalue weighted by Crippen LogP contribution is 2.01. The van der Waals surface area contributed by atoms with Crippen molar-refractivity contribution in [3.8, 4) is 0 Å². The number of aromatic nitrogens is 3. The lowest BCUT2D eigenvalue weighted by Crippen LogP contribution is -2.34. The SMILES string of the molecule is Cc1cnn([Si](C)(C)C)n1. The molecule has 10 heavy (non-hydrogen) atoms. The van der Waals surface area contributed by atoms with Crippen LogP contribution in [0.2, 0.25) is 19.6 Å². The first-order chi connectivity index (χ1) is 4.50. The van der Waals surface area contributed by atoms with E-state index in [-0.39, 0.29) is 0 Å². The van der Waals surface area contributed by atoms with Crippen LogP contribution in [0.25, 0.3) is 0 Å². The Bertz CT molecular complexity index is 223. The van der Waals surface area contributed by atoms with Gasteiger partial charge in [0.15, 0.2) is 0 Å². The van der Waals surface area contributed by atoms with E-state index >= 15 is 0 Å². The molecule has 0 fully saturated rings. The van der Waals surface area contributed by atoms with Gasteiger partial charge in [0.1, 0.15) is 0 Å². The lowest BCUT2D eigenvalue weighted by molar-refractivity contribution is 0.793. The highest BCUT2D eigenvalue weighted by molar-refractivity contribution is 6.73. The first-order valence-corrected chi connectivity index (χ1v) is 6.84. The molecule has 0 bridgehead atoms. The lowest BCUT2D eigenvalue weighted by Gasteiger charge is -2.13. The van der Waals surface area contributed by atoms with Gasteiger partial charge >= 0.3 is 0 Å². The molecule has 0 aliphatic carbocycles. The van der Waals surface area contributed by atoms with Gasteiger partial charge in [-0.25, -0.2) is 4.46 Å². The molecule has 1 aromatic rings.